The summed E-state index contributed by atoms with van der Waals surface area (Å²) < 4.78 is 0. The van der Waals surface area contributed by atoms with Crippen molar-refractivity contribution in [2.45, 2.75) is 174 Å². The molecule has 36 heavy (non-hydrogen) atoms. The van der Waals surface area contributed by atoms with Crippen molar-refractivity contribution in [3.8, 4) is 0 Å². The predicted molar refractivity (Wildman–Crippen MR) is 161 cm³/mol. The number of allylic oxidation sites excluding steroid dienone is 4. The van der Waals surface area contributed by atoms with Gasteiger partial charge in [-0.2, -0.15) is 0 Å². The average Bonchev–Trinajstić information content (AvgIpc) is 2.93. The third kappa shape index (κ3) is 11.5. The minimum absolute atomic E-state index is 0.849. The van der Waals surface area contributed by atoms with Gasteiger partial charge in [0.2, 0.25) is 0 Å². The van der Waals surface area contributed by atoms with E-state index in [1.807, 2.05) is 0 Å². The second-order valence-electron chi connectivity index (χ2n) is 13.3. The minimum atomic E-state index is 0.849. The lowest BCUT2D eigenvalue weighted by atomic mass is 9.71. The largest absolute Gasteiger partial charge is 0.0806 e. The van der Waals surface area contributed by atoms with Gasteiger partial charge in [-0.15, -0.1) is 0 Å². The minimum Gasteiger partial charge on any atom is -0.0806 e. The number of rotatable bonds is 18. The van der Waals surface area contributed by atoms with Crippen molar-refractivity contribution in [2.75, 3.05) is 0 Å². The summed E-state index contributed by atoms with van der Waals surface area (Å²) in [6.45, 7) is 4.64. The van der Waals surface area contributed by atoms with Crippen LogP contribution in [0.25, 0.3) is 0 Å². The Bertz CT molecular complexity index is 581. The second-order valence-corrected chi connectivity index (χ2v) is 13.3. The van der Waals surface area contributed by atoms with E-state index in [1.54, 1.807) is 5.57 Å². The molecule has 0 spiro atoms. The molecule has 1 unspecified atom stereocenters. The lowest BCUT2D eigenvalue weighted by molar-refractivity contribution is 0.217. The van der Waals surface area contributed by atoms with Gasteiger partial charge in [0.05, 0.1) is 0 Å². The van der Waals surface area contributed by atoms with Crippen LogP contribution in [0.1, 0.15) is 174 Å². The van der Waals surface area contributed by atoms with E-state index in [1.165, 1.54) is 161 Å². The number of unbranched alkanes of at least 4 members (excludes halogenated alkanes) is 12. The zero-order valence-corrected chi connectivity index (χ0v) is 24.8. The van der Waals surface area contributed by atoms with E-state index < -0.39 is 0 Å². The van der Waals surface area contributed by atoms with Crippen LogP contribution >= 0.6 is 0 Å². The van der Waals surface area contributed by atoms with Crippen LogP contribution in [0.4, 0.5) is 0 Å². The van der Waals surface area contributed by atoms with Crippen molar-refractivity contribution < 1.29 is 0 Å². The first-order chi connectivity index (χ1) is 17.8. The van der Waals surface area contributed by atoms with Crippen LogP contribution in [-0.4, -0.2) is 0 Å². The maximum Gasteiger partial charge on any atom is -0.0165 e. The lowest BCUT2D eigenvalue weighted by Gasteiger charge is -2.35. The molecule has 0 radical (unpaired) electrons. The molecule has 0 aromatic carbocycles. The molecule has 0 amide bonds. The van der Waals surface area contributed by atoms with E-state index in [9.17, 15) is 0 Å². The summed E-state index contributed by atoms with van der Waals surface area (Å²) in [6.07, 6.45) is 44.7. The van der Waals surface area contributed by atoms with Crippen LogP contribution in [0.15, 0.2) is 23.8 Å². The first kappa shape index (κ1) is 30.0. The fourth-order valence-corrected chi connectivity index (χ4v) is 7.78. The van der Waals surface area contributed by atoms with Crippen molar-refractivity contribution in [1.82, 2.24) is 0 Å². The Balaban J connectivity index is 1.22. The lowest BCUT2D eigenvalue weighted by Crippen LogP contribution is -2.22. The molecule has 3 aliphatic carbocycles. The highest BCUT2D eigenvalue weighted by Gasteiger charge is 2.28. The molecule has 0 aromatic heterocycles. The third-order valence-electron chi connectivity index (χ3n) is 10.4. The van der Waals surface area contributed by atoms with Gasteiger partial charge in [-0.05, 0) is 80.1 Å². The smallest absolute Gasteiger partial charge is 0.0165 e. The molecule has 0 heteroatoms. The summed E-state index contributed by atoms with van der Waals surface area (Å²) in [4.78, 5) is 0. The molecule has 3 aliphatic rings. The van der Waals surface area contributed by atoms with Crippen molar-refractivity contribution in [3.05, 3.63) is 23.8 Å². The molecule has 208 valence electrons. The monoisotopic (exact) mass is 497 g/mol. The van der Waals surface area contributed by atoms with Crippen molar-refractivity contribution in [1.29, 1.82) is 0 Å². The molecule has 0 bridgehead atoms. The molecule has 3 rings (SSSR count). The highest BCUT2D eigenvalue weighted by atomic mass is 14.3. The molecule has 0 saturated heterocycles. The van der Waals surface area contributed by atoms with Crippen molar-refractivity contribution >= 4 is 0 Å². The van der Waals surface area contributed by atoms with Crippen molar-refractivity contribution in [2.24, 2.45) is 29.6 Å². The Morgan fingerprint density at radius 3 is 1.50 bits per heavy atom. The average molecular weight is 497 g/mol. The van der Waals surface area contributed by atoms with Gasteiger partial charge < -0.3 is 0 Å². The van der Waals surface area contributed by atoms with E-state index in [4.69, 9.17) is 0 Å². The number of hydrogen-bond donors (Lipinski definition) is 0. The Kier molecular flexibility index (Phi) is 15.6. The highest BCUT2D eigenvalue weighted by molar-refractivity contribution is 5.27. The Hall–Kier alpha value is -0.520. The molecule has 1 atom stereocenters. The molecule has 0 heterocycles. The predicted octanol–water partition coefficient (Wildman–Crippen LogP) is 12.4. The van der Waals surface area contributed by atoms with Crippen LogP contribution in [0.3, 0.4) is 0 Å². The summed E-state index contributed by atoms with van der Waals surface area (Å²) >= 11 is 0. The van der Waals surface area contributed by atoms with Crippen LogP contribution in [0.5, 0.6) is 0 Å². The fraction of sp³-hybridized carbons (Fsp3) is 0.889. The summed E-state index contributed by atoms with van der Waals surface area (Å²) in [5.41, 5.74) is 1.72. The molecule has 0 aromatic rings. The second kappa shape index (κ2) is 18.7. The standard InChI is InChI=1S/C36H64/c1-3-5-7-9-11-12-14-16-18-32-21-25-34(26-22-32)36-29-27-35(28-30-36)33-23-19-31(20-24-33)17-15-13-10-8-6-4-2/h27,29-35H,3-26,28H2,1-2H3. The topological polar surface area (TPSA) is 0 Å². The molecule has 2 fully saturated rings. The SMILES string of the molecule is CCCCCCCCCCC1CCC(C2=CCC(C3CCC(CCCCCCCC)CC3)C=C2)CC1. The van der Waals surface area contributed by atoms with E-state index >= 15 is 0 Å². The van der Waals surface area contributed by atoms with Gasteiger partial charge in [-0.3, -0.25) is 0 Å². The van der Waals surface area contributed by atoms with Gasteiger partial charge in [0.25, 0.3) is 0 Å². The van der Waals surface area contributed by atoms with Gasteiger partial charge >= 0.3 is 0 Å². The molecular weight excluding hydrogens is 432 g/mol. The molecular formula is C36H64. The highest BCUT2D eigenvalue weighted by Crippen LogP contribution is 2.42. The Morgan fingerprint density at radius 2 is 1.03 bits per heavy atom. The van der Waals surface area contributed by atoms with Crippen LogP contribution in [-0.2, 0) is 0 Å². The Labute approximate surface area is 227 Å². The number of hydrogen-bond acceptors (Lipinski definition) is 0. The summed E-state index contributed by atoms with van der Waals surface area (Å²) in [7, 11) is 0. The quantitative estimate of drug-likeness (QED) is 0.165. The Morgan fingerprint density at radius 1 is 0.556 bits per heavy atom. The zero-order chi connectivity index (χ0) is 25.3. The summed E-state index contributed by atoms with van der Waals surface area (Å²) in [5, 5.41) is 0. The molecule has 0 nitrogen and oxygen atoms in total. The normalized spacial score (nSPS) is 28.8. The maximum absolute atomic E-state index is 2.68. The van der Waals surface area contributed by atoms with E-state index in [0.717, 1.165) is 29.6 Å². The van der Waals surface area contributed by atoms with Crippen LogP contribution in [0.2, 0.25) is 0 Å². The summed E-state index contributed by atoms with van der Waals surface area (Å²) in [6, 6.07) is 0. The van der Waals surface area contributed by atoms with Crippen LogP contribution in [0, 0.1) is 29.6 Å². The molecule has 2 saturated carbocycles. The van der Waals surface area contributed by atoms with Gasteiger partial charge in [0.15, 0.2) is 0 Å². The van der Waals surface area contributed by atoms with Gasteiger partial charge in [0, 0.05) is 0 Å². The molecule has 0 aliphatic heterocycles. The van der Waals surface area contributed by atoms with Gasteiger partial charge in [-0.1, -0.05) is 148 Å². The first-order valence-electron chi connectivity index (χ1n) is 17.2. The zero-order valence-electron chi connectivity index (χ0n) is 24.8. The fourth-order valence-electron chi connectivity index (χ4n) is 7.78. The third-order valence-corrected chi connectivity index (χ3v) is 10.4. The van der Waals surface area contributed by atoms with E-state index in [-0.39, 0.29) is 0 Å². The molecule has 0 N–H and O–H groups in total. The van der Waals surface area contributed by atoms with E-state index in [0.29, 0.717) is 0 Å². The first-order valence-corrected chi connectivity index (χ1v) is 17.2. The van der Waals surface area contributed by atoms with Gasteiger partial charge in [0.1, 0.15) is 0 Å². The summed E-state index contributed by atoms with van der Waals surface area (Å²) in [5.74, 6) is 4.79. The van der Waals surface area contributed by atoms with Gasteiger partial charge in [-0.25, -0.2) is 0 Å². The van der Waals surface area contributed by atoms with E-state index in [2.05, 4.69) is 32.1 Å². The van der Waals surface area contributed by atoms with Crippen LogP contribution < -0.4 is 0 Å². The maximum atomic E-state index is 2.68. The van der Waals surface area contributed by atoms with Crippen molar-refractivity contribution in [3.63, 3.8) is 0 Å².